The molecule has 0 spiro atoms. The maximum atomic E-state index is 13.1. The van der Waals surface area contributed by atoms with Crippen molar-refractivity contribution in [1.82, 2.24) is 19.4 Å². The van der Waals surface area contributed by atoms with Crippen LogP contribution in [0, 0.1) is 0 Å². The molecule has 7 heteroatoms. The van der Waals surface area contributed by atoms with E-state index in [1.807, 2.05) is 23.1 Å². The molecule has 156 valence electrons. The first-order valence-corrected chi connectivity index (χ1v) is 10.8. The molecule has 4 heterocycles. The highest BCUT2D eigenvalue weighted by Gasteiger charge is 2.24. The first kappa shape index (κ1) is 19.1. The summed E-state index contributed by atoms with van der Waals surface area (Å²) >= 11 is 0. The van der Waals surface area contributed by atoms with E-state index in [0.29, 0.717) is 19.8 Å². The van der Waals surface area contributed by atoms with Gasteiger partial charge in [0.1, 0.15) is 23.9 Å². The quantitative estimate of drug-likeness (QED) is 0.668. The molecule has 3 aromatic rings. The Hall–Kier alpha value is -2.93. The fraction of sp³-hybridized carbons (Fsp3) is 0.435. The minimum Gasteiger partial charge on any atom is -0.378 e. The fourth-order valence-electron chi connectivity index (χ4n) is 4.46. The molecule has 0 N–H and O–H groups in total. The number of likely N-dealkylation sites (tertiary alicyclic amines) is 1. The van der Waals surface area contributed by atoms with Crippen molar-refractivity contribution in [2.45, 2.75) is 25.8 Å². The number of fused-ring (bicyclic) bond motifs is 1. The van der Waals surface area contributed by atoms with Crippen LogP contribution in [0.3, 0.4) is 0 Å². The summed E-state index contributed by atoms with van der Waals surface area (Å²) in [7, 11) is 0. The van der Waals surface area contributed by atoms with E-state index in [1.165, 1.54) is 6.42 Å². The lowest BCUT2D eigenvalue weighted by Crippen LogP contribution is -2.38. The molecule has 0 bridgehead atoms. The number of hydrogen-bond acceptors (Lipinski definition) is 5. The van der Waals surface area contributed by atoms with Gasteiger partial charge in [0.2, 0.25) is 5.91 Å². The van der Waals surface area contributed by atoms with Gasteiger partial charge >= 0.3 is 0 Å². The summed E-state index contributed by atoms with van der Waals surface area (Å²) in [6.45, 7) is 4.98. The van der Waals surface area contributed by atoms with Crippen LogP contribution in [0.1, 0.15) is 19.3 Å². The summed E-state index contributed by atoms with van der Waals surface area (Å²) in [5.41, 5.74) is 3.96. The third-order valence-corrected chi connectivity index (χ3v) is 6.04. The van der Waals surface area contributed by atoms with Crippen LogP contribution >= 0.6 is 0 Å². The van der Waals surface area contributed by atoms with Gasteiger partial charge in [-0.05, 0) is 24.8 Å². The zero-order valence-electron chi connectivity index (χ0n) is 17.2. The molecule has 0 unspecified atom stereocenters. The van der Waals surface area contributed by atoms with Crippen molar-refractivity contribution in [1.29, 1.82) is 0 Å². The number of nitrogens with zero attached hydrogens (tertiary/aromatic N) is 5. The summed E-state index contributed by atoms with van der Waals surface area (Å²) in [6.07, 6.45) is 7.10. The SMILES string of the molecule is O=C(Cn1cc(-c2ccccc2)c2ncnc(N3CCOCC3)c21)N1CCCCC1. The standard InChI is InChI=1S/C23H27N5O2/c29-20(26-9-5-2-6-10-26)16-28-15-19(18-7-3-1-4-8-18)21-22(28)23(25-17-24-21)27-11-13-30-14-12-27/h1,3-4,7-8,15,17H,2,5-6,9-14,16H2. The predicted octanol–water partition coefficient (Wildman–Crippen LogP) is 2.95. The lowest BCUT2D eigenvalue weighted by atomic mass is 10.1. The molecule has 7 nitrogen and oxygen atoms in total. The number of hydrogen-bond donors (Lipinski definition) is 0. The second kappa shape index (κ2) is 8.44. The van der Waals surface area contributed by atoms with Gasteiger partial charge in [-0.3, -0.25) is 4.79 Å². The van der Waals surface area contributed by atoms with Crippen molar-refractivity contribution >= 4 is 22.8 Å². The average Bonchev–Trinajstić information content (AvgIpc) is 3.19. The van der Waals surface area contributed by atoms with Crippen molar-refractivity contribution in [2.24, 2.45) is 0 Å². The Kier molecular flexibility index (Phi) is 5.36. The number of aromatic nitrogens is 3. The highest BCUT2D eigenvalue weighted by molar-refractivity contribution is 5.99. The Bertz CT molecular complexity index is 1020. The number of carbonyl (C=O) groups excluding carboxylic acids is 1. The van der Waals surface area contributed by atoms with E-state index in [-0.39, 0.29) is 5.91 Å². The number of amides is 1. The third kappa shape index (κ3) is 3.65. The Morgan fingerprint density at radius 1 is 0.967 bits per heavy atom. The van der Waals surface area contributed by atoms with Crippen LogP contribution in [0.4, 0.5) is 5.82 Å². The number of anilines is 1. The minimum atomic E-state index is 0.169. The Balaban J connectivity index is 1.59. The fourth-order valence-corrected chi connectivity index (χ4v) is 4.46. The molecule has 2 aliphatic rings. The van der Waals surface area contributed by atoms with Gasteiger partial charge in [-0.1, -0.05) is 30.3 Å². The van der Waals surface area contributed by atoms with Crippen LogP contribution in [-0.4, -0.2) is 64.7 Å². The van der Waals surface area contributed by atoms with Gasteiger partial charge in [-0.2, -0.15) is 0 Å². The molecule has 1 aromatic carbocycles. The summed E-state index contributed by atoms with van der Waals surface area (Å²) in [5, 5.41) is 0. The number of ether oxygens (including phenoxy) is 1. The summed E-state index contributed by atoms with van der Waals surface area (Å²) in [4.78, 5) is 26.6. The van der Waals surface area contributed by atoms with E-state index in [2.05, 4.69) is 37.8 Å². The van der Waals surface area contributed by atoms with Gasteiger partial charge in [-0.15, -0.1) is 0 Å². The smallest absolute Gasteiger partial charge is 0.242 e. The molecule has 2 fully saturated rings. The van der Waals surface area contributed by atoms with Crippen molar-refractivity contribution in [2.75, 3.05) is 44.3 Å². The van der Waals surface area contributed by atoms with Gasteiger partial charge in [0.25, 0.3) is 0 Å². The molecule has 0 aliphatic carbocycles. The van der Waals surface area contributed by atoms with Gasteiger partial charge in [0.15, 0.2) is 5.82 Å². The maximum absolute atomic E-state index is 13.1. The van der Waals surface area contributed by atoms with Crippen LogP contribution in [0.2, 0.25) is 0 Å². The zero-order valence-corrected chi connectivity index (χ0v) is 17.2. The molecule has 2 aromatic heterocycles. The second-order valence-electron chi connectivity index (χ2n) is 7.97. The average molecular weight is 406 g/mol. The van der Waals surface area contributed by atoms with E-state index in [1.54, 1.807) is 6.33 Å². The van der Waals surface area contributed by atoms with Crippen LogP contribution < -0.4 is 4.90 Å². The highest BCUT2D eigenvalue weighted by Crippen LogP contribution is 2.34. The van der Waals surface area contributed by atoms with Gasteiger partial charge < -0.3 is 19.1 Å². The molecule has 2 saturated heterocycles. The summed E-state index contributed by atoms with van der Waals surface area (Å²) < 4.78 is 7.58. The largest absolute Gasteiger partial charge is 0.378 e. The number of morpholine rings is 1. The normalized spacial score (nSPS) is 17.5. The van der Waals surface area contributed by atoms with Gasteiger partial charge in [-0.25, -0.2) is 9.97 Å². The zero-order chi connectivity index (χ0) is 20.3. The molecule has 1 amide bonds. The van der Waals surface area contributed by atoms with Crippen molar-refractivity contribution in [3.63, 3.8) is 0 Å². The molecule has 0 atom stereocenters. The molecule has 0 radical (unpaired) electrons. The van der Waals surface area contributed by atoms with E-state index in [0.717, 1.165) is 67.0 Å². The van der Waals surface area contributed by atoms with E-state index in [4.69, 9.17) is 4.74 Å². The van der Waals surface area contributed by atoms with Crippen LogP contribution in [-0.2, 0) is 16.1 Å². The molecule has 0 saturated carbocycles. The van der Waals surface area contributed by atoms with Gasteiger partial charge in [0.05, 0.1) is 13.2 Å². The van der Waals surface area contributed by atoms with Crippen LogP contribution in [0.15, 0.2) is 42.9 Å². The lowest BCUT2D eigenvalue weighted by molar-refractivity contribution is -0.132. The highest BCUT2D eigenvalue weighted by atomic mass is 16.5. The van der Waals surface area contributed by atoms with Crippen LogP contribution in [0.5, 0.6) is 0 Å². The first-order chi connectivity index (χ1) is 14.8. The number of carbonyl (C=O) groups is 1. The van der Waals surface area contributed by atoms with Crippen molar-refractivity contribution < 1.29 is 9.53 Å². The van der Waals surface area contributed by atoms with Gasteiger partial charge in [0, 0.05) is 37.9 Å². The lowest BCUT2D eigenvalue weighted by Gasteiger charge is -2.29. The maximum Gasteiger partial charge on any atom is 0.242 e. The molecule has 5 rings (SSSR count). The number of piperidine rings is 1. The van der Waals surface area contributed by atoms with Crippen molar-refractivity contribution in [3.8, 4) is 11.1 Å². The van der Waals surface area contributed by atoms with E-state index < -0.39 is 0 Å². The molecular weight excluding hydrogens is 378 g/mol. The summed E-state index contributed by atoms with van der Waals surface area (Å²) in [5.74, 6) is 1.06. The molecule has 2 aliphatic heterocycles. The minimum absolute atomic E-state index is 0.169. The van der Waals surface area contributed by atoms with Crippen molar-refractivity contribution in [3.05, 3.63) is 42.9 Å². The Labute approximate surface area is 176 Å². The summed E-state index contributed by atoms with van der Waals surface area (Å²) in [6, 6.07) is 10.2. The second-order valence-corrected chi connectivity index (χ2v) is 7.97. The third-order valence-electron chi connectivity index (χ3n) is 6.04. The predicted molar refractivity (Wildman–Crippen MR) is 116 cm³/mol. The van der Waals surface area contributed by atoms with E-state index in [9.17, 15) is 4.79 Å². The van der Waals surface area contributed by atoms with E-state index >= 15 is 0 Å². The number of rotatable bonds is 4. The monoisotopic (exact) mass is 405 g/mol. The molecular formula is C23H27N5O2. The first-order valence-electron chi connectivity index (χ1n) is 10.8. The van der Waals surface area contributed by atoms with Crippen LogP contribution in [0.25, 0.3) is 22.2 Å². The topological polar surface area (TPSA) is 63.5 Å². The Morgan fingerprint density at radius 2 is 1.73 bits per heavy atom. The number of benzene rings is 1. The Morgan fingerprint density at radius 3 is 2.50 bits per heavy atom. The molecule has 30 heavy (non-hydrogen) atoms.